The van der Waals surface area contributed by atoms with Gasteiger partial charge in [0, 0.05) is 6.54 Å². The smallest absolute Gasteiger partial charge is 0.0139 e. The normalized spacial score (nSPS) is 21.1. The molecule has 1 heteroatoms. The maximum Gasteiger partial charge on any atom is 0.0139 e. The number of allylic oxidation sites excluding steroid dienone is 1. The van der Waals surface area contributed by atoms with E-state index in [1.807, 2.05) is 0 Å². The summed E-state index contributed by atoms with van der Waals surface area (Å²) in [7, 11) is 0. The van der Waals surface area contributed by atoms with Crippen molar-refractivity contribution in [3.05, 3.63) is 11.6 Å². The molecule has 0 saturated heterocycles. The van der Waals surface area contributed by atoms with Crippen molar-refractivity contribution in [3.63, 3.8) is 0 Å². The minimum absolute atomic E-state index is 0.631. The molecular weight excluding hydrogens is 158 g/mol. The van der Waals surface area contributed by atoms with Crippen molar-refractivity contribution in [2.45, 2.75) is 46.0 Å². The Morgan fingerprint density at radius 1 is 1.31 bits per heavy atom. The second kappa shape index (κ2) is 5.43. The highest BCUT2D eigenvalue weighted by Crippen LogP contribution is 2.26. The molecule has 0 aromatic heterocycles. The van der Waals surface area contributed by atoms with E-state index in [-0.39, 0.29) is 0 Å². The molecule has 1 fully saturated rings. The molecule has 0 heterocycles. The molecule has 13 heavy (non-hydrogen) atoms. The van der Waals surface area contributed by atoms with E-state index in [1.165, 1.54) is 37.7 Å². The molecular formula is C12H23N. The van der Waals surface area contributed by atoms with Crippen LogP contribution in [0.3, 0.4) is 0 Å². The lowest BCUT2D eigenvalue weighted by Crippen LogP contribution is -2.12. The first-order chi connectivity index (χ1) is 6.24. The molecule has 1 aliphatic carbocycles. The first-order valence-corrected chi connectivity index (χ1v) is 5.64. The maximum absolute atomic E-state index is 5.72. The van der Waals surface area contributed by atoms with E-state index in [2.05, 4.69) is 19.9 Å². The van der Waals surface area contributed by atoms with Crippen molar-refractivity contribution in [3.8, 4) is 0 Å². The molecule has 2 N–H and O–H groups in total. The molecule has 1 nitrogen and oxygen atoms in total. The molecule has 1 rings (SSSR count). The Balaban J connectivity index is 2.49. The number of nitrogens with two attached hydrogens (primary N) is 1. The molecule has 0 aromatic carbocycles. The topological polar surface area (TPSA) is 26.0 Å². The van der Waals surface area contributed by atoms with Crippen LogP contribution in [0.25, 0.3) is 0 Å². The van der Waals surface area contributed by atoms with Crippen LogP contribution in [0.4, 0.5) is 0 Å². The zero-order valence-electron chi connectivity index (χ0n) is 9.05. The lowest BCUT2D eigenvalue weighted by Gasteiger charge is -2.20. The first kappa shape index (κ1) is 10.8. The van der Waals surface area contributed by atoms with E-state index in [0.717, 1.165) is 12.5 Å². The second-order valence-corrected chi connectivity index (χ2v) is 4.50. The Bertz CT molecular complexity index is 164. The number of hydrogen-bond acceptors (Lipinski definition) is 1. The fourth-order valence-corrected chi connectivity index (χ4v) is 2.10. The molecule has 0 spiro atoms. The van der Waals surface area contributed by atoms with Gasteiger partial charge in [-0.15, -0.1) is 0 Å². The van der Waals surface area contributed by atoms with Gasteiger partial charge in [0.1, 0.15) is 0 Å². The van der Waals surface area contributed by atoms with E-state index in [0.29, 0.717) is 5.92 Å². The lowest BCUT2D eigenvalue weighted by atomic mass is 9.86. The Morgan fingerprint density at radius 2 is 1.92 bits per heavy atom. The Labute approximate surface area is 82.4 Å². The van der Waals surface area contributed by atoms with Gasteiger partial charge in [0.25, 0.3) is 0 Å². The maximum atomic E-state index is 5.72. The average Bonchev–Trinajstić information content (AvgIpc) is 2.15. The highest BCUT2D eigenvalue weighted by Gasteiger charge is 2.12. The van der Waals surface area contributed by atoms with Gasteiger partial charge in [0.2, 0.25) is 0 Å². The third kappa shape index (κ3) is 3.51. The summed E-state index contributed by atoms with van der Waals surface area (Å²) in [5.41, 5.74) is 7.17. The van der Waals surface area contributed by atoms with Crippen LogP contribution < -0.4 is 5.73 Å². The molecule has 1 aliphatic rings. The third-order valence-electron chi connectivity index (χ3n) is 3.08. The fourth-order valence-electron chi connectivity index (χ4n) is 2.10. The fraction of sp³-hybridized carbons (Fsp3) is 0.833. The van der Waals surface area contributed by atoms with Crippen LogP contribution in [0.2, 0.25) is 0 Å². The van der Waals surface area contributed by atoms with Crippen LogP contribution in [0.5, 0.6) is 0 Å². The van der Waals surface area contributed by atoms with Gasteiger partial charge in [0.15, 0.2) is 0 Å². The van der Waals surface area contributed by atoms with Crippen molar-refractivity contribution >= 4 is 0 Å². The molecule has 0 aliphatic heterocycles. The number of rotatable bonds is 3. The van der Waals surface area contributed by atoms with E-state index >= 15 is 0 Å². The predicted molar refractivity (Wildman–Crippen MR) is 58.6 cm³/mol. The molecule has 1 saturated carbocycles. The summed E-state index contributed by atoms with van der Waals surface area (Å²) in [6, 6.07) is 0. The highest BCUT2D eigenvalue weighted by atomic mass is 14.5. The van der Waals surface area contributed by atoms with Crippen molar-refractivity contribution in [1.29, 1.82) is 0 Å². The van der Waals surface area contributed by atoms with Gasteiger partial charge in [-0.3, -0.25) is 0 Å². The molecule has 76 valence electrons. The van der Waals surface area contributed by atoms with Gasteiger partial charge in [-0.05, 0) is 24.7 Å². The largest absolute Gasteiger partial charge is 0.327 e. The summed E-state index contributed by atoms with van der Waals surface area (Å²) in [5, 5.41) is 0. The van der Waals surface area contributed by atoms with Crippen LogP contribution in [0.15, 0.2) is 11.6 Å². The van der Waals surface area contributed by atoms with E-state index in [1.54, 1.807) is 0 Å². The summed E-state index contributed by atoms with van der Waals surface area (Å²) in [6.07, 6.45) is 9.48. The average molecular weight is 181 g/mol. The molecule has 0 unspecified atom stereocenters. The van der Waals surface area contributed by atoms with Crippen LogP contribution >= 0.6 is 0 Å². The highest BCUT2D eigenvalue weighted by molar-refractivity contribution is 5.08. The van der Waals surface area contributed by atoms with E-state index in [9.17, 15) is 0 Å². The van der Waals surface area contributed by atoms with Crippen molar-refractivity contribution in [1.82, 2.24) is 0 Å². The summed E-state index contributed by atoms with van der Waals surface area (Å²) in [4.78, 5) is 0. The van der Waals surface area contributed by atoms with Gasteiger partial charge in [-0.1, -0.05) is 44.8 Å². The zero-order chi connectivity index (χ0) is 9.68. The van der Waals surface area contributed by atoms with Gasteiger partial charge < -0.3 is 5.73 Å². The Kier molecular flexibility index (Phi) is 4.51. The quantitative estimate of drug-likeness (QED) is 0.665. The summed E-state index contributed by atoms with van der Waals surface area (Å²) in [5.74, 6) is 1.46. The molecule has 0 amide bonds. The lowest BCUT2D eigenvalue weighted by molar-refractivity contribution is 0.415. The van der Waals surface area contributed by atoms with Gasteiger partial charge in [0.05, 0.1) is 0 Å². The van der Waals surface area contributed by atoms with Gasteiger partial charge in [-0.25, -0.2) is 0 Å². The third-order valence-corrected chi connectivity index (χ3v) is 3.08. The first-order valence-electron chi connectivity index (χ1n) is 5.64. The van der Waals surface area contributed by atoms with Crippen molar-refractivity contribution in [2.24, 2.45) is 17.6 Å². The summed E-state index contributed by atoms with van der Waals surface area (Å²) < 4.78 is 0. The minimum atomic E-state index is 0.631. The second-order valence-electron chi connectivity index (χ2n) is 4.50. The minimum Gasteiger partial charge on any atom is -0.327 e. The summed E-state index contributed by atoms with van der Waals surface area (Å²) in [6.45, 7) is 5.22. The van der Waals surface area contributed by atoms with Gasteiger partial charge in [-0.2, -0.15) is 0 Å². The standard InChI is InChI=1S/C12H23N/c1-10(2)12(9-13)8-11-6-4-3-5-7-11/h8,10-11H,3-7,9,13H2,1-2H3/b12-8-. The van der Waals surface area contributed by atoms with E-state index in [4.69, 9.17) is 5.73 Å². The molecule has 0 aromatic rings. The predicted octanol–water partition coefficient (Wildman–Crippen LogP) is 3.11. The molecule has 0 radical (unpaired) electrons. The van der Waals surface area contributed by atoms with Crippen LogP contribution in [-0.2, 0) is 0 Å². The van der Waals surface area contributed by atoms with Gasteiger partial charge >= 0.3 is 0 Å². The SMILES string of the molecule is CC(C)/C(=C\C1CCCCC1)CN. The molecule has 0 bridgehead atoms. The van der Waals surface area contributed by atoms with Crippen LogP contribution in [-0.4, -0.2) is 6.54 Å². The van der Waals surface area contributed by atoms with Crippen molar-refractivity contribution < 1.29 is 0 Å². The molecule has 0 atom stereocenters. The van der Waals surface area contributed by atoms with Crippen molar-refractivity contribution in [2.75, 3.05) is 6.54 Å². The van der Waals surface area contributed by atoms with Crippen LogP contribution in [0, 0.1) is 11.8 Å². The monoisotopic (exact) mass is 181 g/mol. The van der Waals surface area contributed by atoms with E-state index < -0.39 is 0 Å². The Hall–Kier alpha value is -0.300. The summed E-state index contributed by atoms with van der Waals surface area (Å²) >= 11 is 0. The number of hydrogen-bond donors (Lipinski definition) is 1. The van der Waals surface area contributed by atoms with Crippen LogP contribution in [0.1, 0.15) is 46.0 Å². The Morgan fingerprint density at radius 3 is 2.38 bits per heavy atom. The zero-order valence-corrected chi connectivity index (χ0v) is 9.05.